The van der Waals surface area contributed by atoms with Gasteiger partial charge in [-0.25, -0.2) is 0 Å². The Morgan fingerprint density at radius 1 is 1.27 bits per heavy atom. The lowest BCUT2D eigenvalue weighted by Crippen LogP contribution is -2.63. The summed E-state index contributed by atoms with van der Waals surface area (Å²) >= 11 is 0. The molecule has 0 radical (unpaired) electrons. The summed E-state index contributed by atoms with van der Waals surface area (Å²) in [6.45, 7) is 5.28. The average Bonchev–Trinajstić information content (AvgIpc) is 2.95. The maximum atomic E-state index is 9.74. The minimum atomic E-state index is 0.172. The van der Waals surface area contributed by atoms with Crippen molar-refractivity contribution in [3.05, 3.63) is 0 Å². The van der Waals surface area contributed by atoms with Gasteiger partial charge in [-0.1, -0.05) is 19.8 Å². The van der Waals surface area contributed by atoms with Crippen molar-refractivity contribution < 1.29 is 5.11 Å². The Morgan fingerprint density at radius 2 is 2.00 bits per heavy atom. The fourth-order valence-corrected chi connectivity index (χ4v) is 3.76. The Labute approximate surface area is 92.7 Å². The number of aliphatic hydroxyl groups excluding tert-OH is 1. The van der Waals surface area contributed by atoms with Gasteiger partial charge in [0.05, 0.1) is 6.61 Å². The molecule has 3 aliphatic rings. The first-order chi connectivity index (χ1) is 7.18. The average molecular weight is 209 g/mol. The quantitative estimate of drug-likeness (QED) is 0.752. The summed E-state index contributed by atoms with van der Waals surface area (Å²) in [5, 5.41) is 9.74. The molecular formula is C13H23NO. The summed E-state index contributed by atoms with van der Waals surface area (Å²) in [6, 6.07) is 0. The zero-order valence-corrected chi connectivity index (χ0v) is 9.84. The van der Waals surface area contributed by atoms with Gasteiger partial charge in [-0.05, 0) is 37.0 Å². The van der Waals surface area contributed by atoms with E-state index < -0.39 is 0 Å². The maximum Gasteiger partial charge on any atom is 0.0615 e. The summed E-state index contributed by atoms with van der Waals surface area (Å²) in [6.07, 6.45) is 8.01. The molecule has 2 heteroatoms. The van der Waals surface area contributed by atoms with Crippen LogP contribution in [0.2, 0.25) is 0 Å². The van der Waals surface area contributed by atoms with Crippen molar-refractivity contribution >= 4 is 0 Å². The number of likely N-dealkylation sites (tertiary alicyclic amines) is 1. The lowest BCUT2D eigenvalue weighted by Gasteiger charge is -2.55. The molecule has 2 nitrogen and oxygen atoms in total. The third-order valence-electron chi connectivity index (χ3n) is 5.04. The summed E-state index contributed by atoms with van der Waals surface area (Å²) < 4.78 is 0. The van der Waals surface area contributed by atoms with Crippen LogP contribution >= 0.6 is 0 Å². The van der Waals surface area contributed by atoms with Gasteiger partial charge in [0.15, 0.2) is 0 Å². The molecule has 3 rings (SSSR count). The van der Waals surface area contributed by atoms with Crippen LogP contribution in [0.4, 0.5) is 0 Å². The minimum Gasteiger partial charge on any atom is -0.394 e. The summed E-state index contributed by atoms with van der Waals surface area (Å²) in [5.41, 5.74) is 0.897. The Morgan fingerprint density at radius 3 is 2.53 bits per heavy atom. The van der Waals surface area contributed by atoms with Crippen LogP contribution in [0.5, 0.6) is 0 Å². The molecule has 0 aromatic rings. The van der Waals surface area contributed by atoms with Crippen LogP contribution in [0.1, 0.15) is 45.4 Å². The van der Waals surface area contributed by atoms with Crippen LogP contribution < -0.4 is 0 Å². The van der Waals surface area contributed by atoms with E-state index in [4.69, 9.17) is 0 Å². The van der Waals surface area contributed by atoms with Crippen molar-refractivity contribution in [3.8, 4) is 0 Å². The van der Waals surface area contributed by atoms with E-state index in [0.29, 0.717) is 6.61 Å². The van der Waals surface area contributed by atoms with E-state index in [1.54, 1.807) is 0 Å². The first-order valence-corrected chi connectivity index (χ1v) is 6.54. The van der Waals surface area contributed by atoms with Gasteiger partial charge in [-0.15, -0.1) is 0 Å². The van der Waals surface area contributed by atoms with Gasteiger partial charge in [0.25, 0.3) is 0 Å². The predicted octanol–water partition coefficient (Wildman–Crippen LogP) is 2.02. The minimum absolute atomic E-state index is 0.172. The van der Waals surface area contributed by atoms with E-state index in [-0.39, 0.29) is 5.54 Å². The Bertz CT molecular complexity index is 253. The fourth-order valence-electron chi connectivity index (χ4n) is 3.76. The molecule has 1 saturated heterocycles. The Hall–Kier alpha value is -0.0800. The highest BCUT2D eigenvalue weighted by molar-refractivity contribution is 5.11. The number of nitrogens with zero attached hydrogens (tertiary/aromatic N) is 1. The zero-order valence-electron chi connectivity index (χ0n) is 9.84. The van der Waals surface area contributed by atoms with Crippen molar-refractivity contribution in [2.24, 2.45) is 11.3 Å². The van der Waals surface area contributed by atoms with E-state index in [2.05, 4.69) is 11.8 Å². The number of aliphatic hydroxyl groups is 1. The van der Waals surface area contributed by atoms with Gasteiger partial charge in [-0.3, -0.25) is 4.90 Å². The van der Waals surface area contributed by atoms with Crippen LogP contribution in [0.15, 0.2) is 0 Å². The van der Waals surface area contributed by atoms with Crippen molar-refractivity contribution in [1.29, 1.82) is 0 Å². The smallest absolute Gasteiger partial charge is 0.0615 e. The topological polar surface area (TPSA) is 23.5 Å². The van der Waals surface area contributed by atoms with Crippen LogP contribution in [0.25, 0.3) is 0 Å². The predicted molar refractivity (Wildman–Crippen MR) is 60.7 cm³/mol. The van der Waals surface area contributed by atoms with Gasteiger partial charge in [0.1, 0.15) is 0 Å². The SMILES string of the molecule is CC1CCCC(CO)(N2CC3(CC3)C2)C1. The lowest BCUT2D eigenvalue weighted by atomic mass is 9.73. The Balaban J connectivity index is 1.68. The highest BCUT2D eigenvalue weighted by Gasteiger charge is 2.57. The molecule has 15 heavy (non-hydrogen) atoms. The van der Waals surface area contributed by atoms with Gasteiger partial charge in [0, 0.05) is 18.6 Å². The highest BCUT2D eigenvalue weighted by atomic mass is 16.3. The van der Waals surface area contributed by atoms with Crippen molar-refractivity contribution in [2.45, 2.75) is 51.0 Å². The molecule has 2 atom stereocenters. The molecule has 1 N–H and O–H groups in total. The first kappa shape index (κ1) is 10.1. The molecule has 0 bridgehead atoms. The largest absolute Gasteiger partial charge is 0.394 e. The molecule has 1 aliphatic heterocycles. The molecule has 2 unspecified atom stereocenters. The second kappa shape index (κ2) is 3.21. The molecule has 2 aliphatic carbocycles. The molecule has 0 aromatic heterocycles. The molecule has 0 aromatic carbocycles. The summed E-state index contributed by atoms with van der Waals surface area (Å²) in [5.74, 6) is 0.807. The van der Waals surface area contributed by atoms with E-state index in [9.17, 15) is 5.11 Å². The molecule has 2 saturated carbocycles. The van der Waals surface area contributed by atoms with E-state index in [0.717, 1.165) is 11.3 Å². The van der Waals surface area contributed by atoms with Gasteiger partial charge < -0.3 is 5.11 Å². The van der Waals surface area contributed by atoms with Gasteiger partial charge >= 0.3 is 0 Å². The van der Waals surface area contributed by atoms with Crippen molar-refractivity contribution in [3.63, 3.8) is 0 Å². The van der Waals surface area contributed by atoms with E-state index in [1.807, 2.05) is 0 Å². The highest BCUT2D eigenvalue weighted by Crippen LogP contribution is 2.56. The van der Waals surface area contributed by atoms with Crippen molar-refractivity contribution in [1.82, 2.24) is 4.90 Å². The maximum absolute atomic E-state index is 9.74. The second-order valence-electron chi connectivity index (χ2n) is 6.44. The third kappa shape index (κ3) is 1.53. The number of hydrogen-bond donors (Lipinski definition) is 1. The zero-order chi connectivity index (χ0) is 10.5. The molecule has 86 valence electrons. The molecule has 0 amide bonds. The summed E-state index contributed by atoms with van der Waals surface area (Å²) in [4.78, 5) is 2.59. The Kier molecular flexibility index (Phi) is 2.16. The second-order valence-corrected chi connectivity index (χ2v) is 6.44. The summed E-state index contributed by atoms with van der Waals surface area (Å²) in [7, 11) is 0. The lowest BCUT2D eigenvalue weighted by molar-refractivity contribution is -0.0837. The van der Waals surface area contributed by atoms with Gasteiger partial charge in [0.2, 0.25) is 0 Å². The van der Waals surface area contributed by atoms with Crippen LogP contribution in [0.3, 0.4) is 0 Å². The molecule has 1 spiro atoms. The van der Waals surface area contributed by atoms with Gasteiger partial charge in [-0.2, -0.15) is 0 Å². The third-order valence-corrected chi connectivity index (χ3v) is 5.04. The number of rotatable bonds is 2. The van der Waals surface area contributed by atoms with Crippen LogP contribution in [-0.4, -0.2) is 35.2 Å². The normalized spacial score (nSPS) is 44.0. The van der Waals surface area contributed by atoms with Crippen LogP contribution in [0, 0.1) is 11.3 Å². The monoisotopic (exact) mass is 209 g/mol. The standard InChI is InChI=1S/C13H23NO/c1-11-3-2-4-13(7-11,10-15)14-8-12(9-14)5-6-12/h11,15H,2-10H2,1H3. The van der Waals surface area contributed by atoms with Crippen LogP contribution in [-0.2, 0) is 0 Å². The number of hydrogen-bond acceptors (Lipinski definition) is 2. The fraction of sp³-hybridized carbons (Fsp3) is 1.00. The molecule has 3 fully saturated rings. The first-order valence-electron chi connectivity index (χ1n) is 6.54. The van der Waals surface area contributed by atoms with E-state index in [1.165, 1.54) is 51.6 Å². The van der Waals surface area contributed by atoms with E-state index >= 15 is 0 Å². The molecular weight excluding hydrogens is 186 g/mol. The molecule has 1 heterocycles. The van der Waals surface area contributed by atoms with Crippen molar-refractivity contribution in [2.75, 3.05) is 19.7 Å².